The fourth-order valence-corrected chi connectivity index (χ4v) is 2.57. The van der Waals surface area contributed by atoms with Crippen molar-refractivity contribution < 1.29 is 15.0 Å². The third-order valence-electron chi connectivity index (χ3n) is 4.04. The molecule has 0 heterocycles. The van der Waals surface area contributed by atoms with E-state index in [0.717, 1.165) is 12.8 Å². The van der Waals surface area contributed by atoms with Crippen molar-refractivity contribution in [3.8, 4) is 11.8 Å². The van der Waals surface area contributed by atoms with E-state index < -0.39 is 12.1 Å². The van der Waals surface area contributed by atoms with Gasteiger partial charge in [-0.1, -0.05) is 71.1 Å². The predicted octanol–water partition coefficient (Wildman–Crippen LogP) is 3.84. The fourth-order valence-electron chi connectivity index (χ4n) is 2.57. The van der Waals surface area contributed by atoms with Crippen LogP contribution < -0.4 is 5.11 Å². The summed E-state index contributed by atoms with van der Waals surface area (Å²) in [4.78, 5) is 10.4. The third-order valence-corrected chi connectivity index (χ3v) is 4.04. The highest BCUT2D eigenvalue weighted by Crippen LogP contribution is 2.11. The van der Waals surface area contributed by atoms with Crippen LogP contribution in [0.25, 0.3) is 0 Å². The number of unbranched alkanes of at least 4 members (excludes halogenated alkanes) is 10. The lowest BCUT2D eigenvalue weighted by molar-refractivity contribution is -0.419. The van der Waals surface area contributed by atoms with Crippen LogP contribution in [-0.2, 0) is 4.79 Å². The van der Waals surface area contributed by atoms with Gasteiger partial charge in [0.15, 0.2) is 0 Å². The number of carbonyl (C=O) groups is 1. The largest absolute Gasteiger partial charge is 0.851 e. The average Bonchev–Trinajstić information content (AvgIpc) is 2.51. The second-order valence-electron chi connectivity index (χ2n) is 6.43. The summed E-state index contributed by atoms with van der Waals surface area (Å²) < 4.78 is 0. The molecule has 0 saturated heterocycles. The first-order valence-corrected chi connectivity index (χ1v) is 9.52. The summed E-state index contributed by atoms with van der Waals surface area (Å²) in [6.07, 6.45) is 15.0. The van der Waals surface area contributed by atoms with Gasteiger partial charge in [0.1, 0.15) is 6.42 Å². The van der Waals surface area contributed by atoms with E-state index in [0.29, 0.717) is 19.3 Å². The molecular weight excluding hydrogens is 288 g/mol. The molecule has 0 saturated carbocycles. The highest BCUT2D eigenvalue weighted by Gasteiger charge is 2.04. The number of hydrogen-bond acceptors (Lipinski definition) is 2. The summed E-state index contributed by atoms with van der Waals surface area (Å²) in [7, 11) is 0. The normalized spacial score (nSPS) is 11.7. The van der Waals surface area contributed by atoms with E-state index in [1.165, 1.54) is 57.8 Å². The second kappa shape index (κ2) is 17.3. The van der Waals surface area contributed by atoms with Crippen molar-refractivity contribution in [1.29, 1.82) is 0 Å². The van der Waals surface area contributed by atoms with Gasteiger partial charge in [-0.3, -0.25) is 0 Å². The summed E-state index contributed by atoms with van der Waals surface area (Å²) >= 11 is 0. The molecule has 0 radical (unpaired) electrons. The summed E-state index contributed by atoms with van der Waals surface area (Å²) in [6, 6.07) is 0. The Labute approximate surface area is 142 Å². The van der Waals surface area contributed by atoms with Crippen molar-refractivity contribution in [3.05, 3.63) is 0 Å². The zero-order valence-electron chi connectivity index (χ0n) is 15.0. The van der Waals surface area contributed by atoms with Crippen LogP contribution in [0.2, 0.25) is 0 Å². The molecule has 134 valence electrons. The molecular formula is C20H36O3. The fraction of sp³-hybridized carbons (Fsp3) is 0.850. The Morgan fingerprint density at radius 2 is 1.48 bits per heavy atom. The summed E-state index contributed by atoms with van der Waals surface area (Å²) in [5, 5.41) is 18.3. The van der Waals surface area contributed by atoms with Gasteiger partial charge in [-0.05, 0) is 19.3 Å². The van der Waals surface area contributed by atoms with E-state index in [2.05, 4.69) is 18.8 Å². The molecule has 0 aliphatic rings. The number of hydrogen-bond donors (Lipinski definition) is 0. The van der Waals surface area contributed by atoms with Crippen molar-refractivity contribution in [1.82, 2.24) is 0 Å². The maximum absolute atomic E-state index is 11.5. The van der Waals surface area contributed by atoms with Gasteiger partial charge in [-0.15, -0.1) is 17.9 Å². The highest BCUT2D eigenvalue weighted by molar-refractivity contribution is 5.66. The first kappa shape index (κ1) is 22.0. The van der Waals surface area contributed by atoms with Gasteiger partial charge in [0.05, 0.1) is 0 Å². The Kier molecular flexibility index (Phi) is 16.6. The summed E-state index contributed by atoms with van der Waals surface area (Å²) in [6.45, 7) is 2.25. The van der Waals surface area contributed by atoms with Crippen LogP contribution in [-0.4, -0.2) is 17.2 Å². The molecule has 23 heavy (non-hydrogen) atoms. The Morgan fingerprint density at radius 1 is 0.913 bits per heavy atom. The van der Waals surface area contributed by atoms with Gasteiger partial charge < -0.3 is 10.2 Å². The zero-order valence-corrected chi connectivity index (χ0v) is 15.0. The van der Waals surface area contributed by atoms with Gasteiger partial charge in [0.25, 0.3) is 0 Å². The molecule has 0 spiro atoms. The molecule has 1 unspecified atom stereocenters. The van der Waals surface area contributed by atoms with Crippen molar-refractivity contribution >= 4 is 5.97 Å². The molecule has 0 fully saturated rings. The van der Waals surface area contributed by atoms with Crippen LogP contribution >= 0.6 is 0 Å². The molecule has 2 N–H and O–H groups in total. The molecule has 3 nitrogen and oxygen atoms in total. The standard InChI is InChI=1S/C20H35O3/c1-2-3-4-5-6-7-8-9-10-11-12-13-14-16-19(21)17-15-18-20(22)23/h19H,2-12,15-18H2,1H3,(H,22,23)/q-1/p+1. The van der Waals surface area contributed by atoms with Crippen LogP contribution in [0.5, 0.6) is 0 Å². The van der Waals surface area contributed by atoms with Crippen LogP contribution in [0.1, 0.15) is 103 Å². The maximum atomic E-state index is 11.5. The lowest BCUT2D eigenvalue weighted by atomic mass is 10.1. The van der Waals surface area contributed by atoms with Crippen molar-refractivity contribution in [3.63, 3.8) is 0 Å². The van der Waals surface area contributed by atoms with Crippen LogP contribution in [0.15, 0.2) is 0 Å². The van der Waals surface area contributed by atoms with Crippen LogP contribution in [0.3, 0.4) is 0 Å². The smallest absolute Gasteiger partial charge is 0.515 e. The number of carbonyl (C=O) groups excluding carboxylic acids is 1. The quantitative estimate of drug-likeness (QED) is 0.261. The van der Waals surface area contributed by atoms with Gasteiger partial charge in [-0.2, -0.15) is 0 Å². The predicted molar refractivity (Wildman–Crippen MR) is 95.1 cm³/mol. The van der Waals surface area contributed by atoms with Crippen molar-refractivity contribution in [2.45, 2.75) is 109 Å². The number of rotatable bonds is 15. The van der Waals surface area contributed by atoms with E-state index in [1.807, 2.05) is 0 Å². The molecule has 0 aliphatic heterocycles. The lowest BCUT2D eigenvalue weighted by Crippen LogP contribution is -2.24. The molecule has 3 heteroatoms. The van der Waals surface area contributed by atoms with Crippen molar-refractivity contribution in [2.75, 3.05) is 0 Å². The Balaban J connectivity index is 3.27. The molecule has 0 aromatic carbocycles. The molecule has 0 amide bonds. The summed E-state index contributed by atoms with van der Waals surface area (Å²) in [5.41, 5.74) is 0. The Bertz CT molecular complexity index is 328. The first-order valence-electron chi connectivity index (χ1n) is 9.52. The van der Waals surface area contributed by atoms with Crippen LogP contribution in [0, 0.1) is 11.8 Å². The lowest BCUT2D eigenvalue weighted by Gasteiger charge is -2.17. The van der Waals surface area contributed by atoms with E-state index in [4.69, 9.17) is 5.11 Å². The minimum Gasteiger partial charge on any atom is -0.851 e. The minimum absolute atomic E-state index is 0.199. The van der Waals surface area contributed by atoms with Gasteiger partial charge in [-0.25, -0.2) is 0 Å². The molecule has 0 rings (SSSR count). The highest BCUT2D eigenvalue weighted by atomic mass is 16.4. The topological polar surface area (TPSA) is 63.0 Å². The first-order chi connectivity index (χ1) is 11.2. The minimum atomic E-state index is -0.699. The average molecular weight is 325 g/mol. The molecule has 0 bridgehead atoms. The Morgan fingerprint density at radius 3 is 2.04 bits per heavy atom. The zero-order chi connectivity index (χ0) is 17.2. The monoisotopic (exact) mass is 324 g/mol. The molecule has 0 aromatic heterocycles. The van der Waals surface area contributed by atoms with E-state index in [-0.39, 0.29) is 6.42 Å². The van der Waals surface area contributed by atoms with E-state index in [9.17, 15) is 9.90 Å². The maximum Gasteiger partial charge on any atom is 0.515 e. The molecule has 0 aliphatic carbocycles. The molecule has 0 aromatic rings. The van der Waals surface area contributed by atoms with Crippen LogP contribution in [0.4, 0.5) is 0 Å². The molecule has 1 atom stereocenters. The summed E-state index contributed by atoms with van der Waals surface area (Å²) in [5.74, 6) is 5.47. The second-order valence-corrected chi connectivity index (χ2v) is 6.43. The van der Waals surface area contributed by atoms with Crippen molar-refractivity contribution in [2.24, 2.45) is 0 Å². The van der Waals surface area contributed by atoms with E-state index in [1.54, 1.807) is 0 Å². The van der Waals surface area contributed by atoms with Gasteiger partial charge >= 0.3 is 5.97 Å². The third kappa shape index (κ3) is 18.9. The van der Waals surface area contributed by atoms with E-state index >= 15 is 0 Å². The van der Waals surface area contributed by atoms with Gasteiger partial charge in [0.2, 0.25) is 0 Å². The Hall–Kier alpha value is -1.01. The van der Waals surface area contributed by atoms with Gasteiger partial charge in [0, 0.05) is 11.2 Å². The SMILES string of the molecule is CCCCCCCCCCCCC#CCC([O-])CCCC(=O)[OH2+].